The van der Waals surface area contributed by atoms with Gasteiger partial charge in [-0.1, -0.05) is 11.6 Å². The van der Waals surface area contributed by atoms with Gasteiger partial charge >= 0.3 is 0 Å². The molecule has 0 bridgehead atoms. The van der Waals surface area contributed by atoms with Crippen molar-refractivity contribution in [2.24, 2.45) is 0 Å². The van der Waals surface area contributed by atoms with Crippen molar-refractivity contribution in [2.75, 3.05) is 10.6 Å². The van der Waals surface area contributed by atoms with Crippen molar-refractivity contribution in [3.63, 3.8) is 0 Å². The molecule has 1 heterocycles. The Labute approximate surface area is 115 Å². The number of aryl methyl sites for hydroxylation is 1. The van der Waals surface area contributed by atoms with E-state index >= 15 is 0 Å². The molecule has 0 radical (unpaired) electrons. The van der Waals surface area contributed by atoms with E-state index in [2.05, 4.69) is 0 Å². The van der Waals surface area contributed by atoms with Gasteiger partial charge in [0.25, 0.3) is 11.8 Å². The SMILES string of the molecule is Cc1ccc2c(c1)C(=O)N(c1ccc(O)cc1N)C2=O. The minimum atomic E-state index is -0.401. The van der Waals surface area contributed by atoms with E-state index in [-0.39, 0.29) is 17.1 Å². The Bertz CT molecular complexity index is 753. The summed E-state index contributed by atoms with van der Waals surface area (Å²) in [6.45, 7) is 1.86. The van der Waals surface area contributed by atoms with Gasteiger partial charge in [0.2, 0.25) is 0 Å². The van der Waals surface area contributed by atoms with Gasteiger partial charge < -0.3 is 10.8 Å². The molecule has 0 aliphatic carbocycles. The minimum absolute atomic E-state index is 0.0151. The Morgan fingerprint density at radius 1 is 1.00 bits per heavy atom. The van der Waals surface area contributed by atoms with Crippen LogP contribution in [0.3, 0.4) is 0 Å². The van der Waals surface area contributed by atoms with Crippen molar-refractivity contribution in [1.29, 1.82) is 0 Å². The summed E-state index contributed by atoms with van der Waals surface area (Å²) in [6.07, 6.45) is 0. The van der Waals surface area contributed by atoms with E-state index in [9.17, 15) is 14.7 Å². The smallest absolute Gasteiger partial charge is 0.266 e. The fraction of sp³-hybridized carbons (Fsp3) is 0.0667. The molecular weight excluding hydrogens is 256 g/mol. The van der Waals surface area contributed by atoms with E-state index in [0.717, 1.165) is 10.5 Å². The highest BCUT2D eigenvalue weighted by Crippen LogP contribution is 2.34. The zero-order chi connectivity index (χ0) is 14.4. The van der Waals surface area contributed by atoms with E-state index in [1.165, 1.54) is 18.2 Å². The standard InChI is InChI=1S/C15H12N2O3/c1-8-2-4-10-11(6-8)15(20)17(14(10)19)13-5-3-9(18)7-12(13)16/h2-7,18H,16H2,1H3. The first-order valence-electron chi connectivity index (χ1n) is 6.07. The van der Waals surface area contributed by atoms with Crippen molar-refractivity contribution in [2.45, 2.75) is 6.92 Å². The summed E-state index contributed by atoms with van der Waals surface area (Å²) in [6, 6.07) is 9.27. The normalized spacial score (nSPS) is 13.8. The topological polar surface area (TPSA) is 83.6 Å². The van der Waals surface area contributed by atoms with Gasteiger partial charge in [-0.05, 0) is 31.2 Å². The molecule has 0 unspecified atom stereocenters. The summed E-state index contributed by atoms with van der Waals surface area (Å²) >= 11 is 0. The van der Waals surface area contributed by atoms with Crippen LogP contribution in [0.1, 0.15) is 26.3 Å². The Morgan fingerprint density at radius 3 is 2.40 bits per heavy atom. The van der Waals surface area contributed by atoms with Crippen molar-refractivity contribution >= 4 is 23.2 Å². The molecule has 100 valence electrons. The number of anilines is 2. The number of fused-ring (bicyclic) bond motifs is 1. The lowest BCUT2D eigenvalue weighted by molar-refractivity contribution is 0.0926. The van der Waals surface area contributed by atoms with Gasteiger partial charge in [0, 0.05) is 6.07 Å². The Hall–Kier alpha value is -2.82. The number of hydrogen-bond donors (Lipinski definition) is 2. The Balaban J connectivity index is 2.14. The zero-order valence-corrected chi connectivity index (χ0v) is 10.8. The molecule has 0 saturated carbocycles. The van der Waals surface area contributed by atoms with E-state index < -0.39 is 11.8 Å². The molecule has 0 atom stereocenters. The predicted molar refractivity (Wildman–Crippen MR) is 74.8 cm³/mol. The van der Waals surface area contributed by atoms with Crippen LogP contribution in [-0.2, 0) is 0 Å². The number of carbonyl (C=O) groups is 2. The van der Waals surface area contributed by atoms with Crippen LogP contribution >= 0.6 is 0 Å². The van der Waals surface area contributed by atoms with Gasteiger partial charge in [0.05, 0.1) is 22.5 Å². The first-order valence-corrected chi connectivity index (χ1v) is 6.07. The molecule has 3 N–H and O–H groups in total. The number of nitrogens with two attached hydrogens (primary N) is 1. The molecule has 0 spiro atoms. The van der Waals surface area contributed by atoms with Crippen LogP contribution in [0.5, 0.6) is 5.75 Å². The van der Waals surface area contributed by atoms with Crippen LogP contribution in [-0.4, -0.2) is 16.9 Å². The lowest BCUT2D eigenvalue weighted by Crippen LogP contribution is -2.30. The molecule has 5 heteroatoms. The van der Waals surface area contributed by atoms with Gasteiger partial charge in [0.15, 0.2) is 0 Å². The average Bonchev–Trinajstić information content (AvgIpc) is 2.63. The quantitative estimate of drug-likeness (QED) is 0.612. The number of amides is 2. The molecule has 0 saturated heterocycles. The fourth-order valence-corrected chi connectivity index (χ4v) is 2.32. The second-order valence-electron chi connectivity index (χ2n) is 4.74. The third-order valence-electron chi connectivity index (χ3n) is 3.29. The van der Waals surface area contributed by atoms with Crippen LogP contribution < -0.4 is 10.6 Å². The number of hydrogen-bond acceptors (Lipinski definition) is 4. The lowest BCUT2D eigenvalue weighted by atomic mass is 10.1. The summed E-state index contributed by atoms with van der Waals surface area (Å²) in [4.78, 5) is 25.8. The molecule has 2 aromatic carbocycles. The maximum atomic E-state index is 12.4. The van der Waals surface area contributed by atoms with Crippen LogP contribution in [0.2, 0.25) is 0 Å². The largest absolute Gasteiger partial charge is 0.508 e. The molecule has 2 aromatic rings. The number of carbonyl (C=O) groups excluding carboxylic acids is 2. The van der Waals surface area contributed by atoms with Gasteiger partial charge in [-0.15, -0.1) is 0 Å². The molecular formula is C15H12N2O3. The molecule has 5 nitrogen and oxygen atoms in total. The van der Waals surface area contributed by atoms with Gasteiger partial charge in [0.1, 0.15) is 5.75 Å². The highest BCUT2D eigenvalue weighted by atomic mass is 16.3. The van der Waals surface area contributed by atoms with Crippen molar-refractivity contribution in [1.82, 2.24) is 0 Å². The third kappa shape index (κ3) is 1.64. The Morgan fingerprint density at radius 2 is 1.70 bits per heavy atom. The van der Waals surface area contributed by atoms with Crippen LogP contribution in [0.25, 0.3) is 0 Å². The van der Waals surface area contributed by atoms with Crippen LogP contribution in [0.4, 0.5) is 11.4 Å². The fourth-order valence-electron chi connectivity index (χ4n) is 2.32. The monoisotopic (exact) mass is 268 g/mol. The van der Waals surface area contributed by atoms with E-state index in [1.807, 2.05) is 6.92 Å². The van der Waals surface area contributed by atoms with Crippen molar-refractivity contribution in [3.8, 4) is 5.75 Å². The van der Waals surface area contributed by atoms with E-state index in [0.29, 0.717) is 11.1 Å². The summed E-state index contributed by atoms with van der Waals surface area (Å²) in [5, 5.41) is 9.35. The van der Waals surface area contributed by atoms with Gasteiger partial charge in [-0.3, -0.25) is 9.59 Å². The lowest BCUT2D eigenvalue weighted by Gasteiger charge is -2.16. The van der Waals surface area contributed by atoms with Gasteiger partial charge in [-0.25, -0.2) is 4.90 Å². The first kappa shape index (κ1) is 12.2. The number of imide groups is 1. The number of nitrogen functional groups attached to an aromatic ring is 1. The molecule has 0 aromatic heterocycles. The molecule has 2 amide bonds. The van der Waals surface area contributed by atoms with Crippen LogP contribution in [0, 0.1) is 6.92 Å². The number of rotatable bonds is 1. The maximum Gasteiger partial charge on any atom is 0.266 e. The summed E-state index contributed by atoms with van der Waals surface area (Å²) in [5.74, 6) is -0.813. The zero-order valence-electron chi connectivity index (χ0n) is 10.8. The summed E-state index contributed by atoms with van der Waals surface area (Å²) in [5.41, 5.74) is 7.90. The maximum absolute atomic E-state index is 12.4. The third-order valence-corrected chi connectivity index (χ3v) is 3.29. The number of phenolic OH excluding ortho intramolecular Hbond substituents is 1. The average molecular weight is 268 g/mol. The predicted octanol–water partition coefficient (Wildman–Crippen LogP) is 2.08. The second kappa shape index (κ2) is 4.09. The molecule has 1 aliphatic rings. The summed E-state index contributed by atoms with van der Waals surface area (Å²) < 4.78 is 0. The highest BCUT2D eigenvalue weighted by Gasteiger charge is 2.37. The molecule has 3 rings (SSSR count). The molecule has 20 heavy (non-hydrogen) atoms. The van der Waals surface area contributed by atoms with Crippen molar-refractivity contribution < 1.29 is 14.7 Å². The van der Waals surface area contributed by atoms with Crippen LogP contribution in [0.15, 0.2) is 36.4 Å². The highest BCUT2D eigenvalue weighted by molar-refractivity contribution is 6.35. The Kier molecular flexibility index (Phi) is 2.50. The number of benzene rings is 2. The van der Waals surface area contributed by atoms with Gasteiger partial charge in [-0.2, -0.15) is 0 Å². The van der Waals surface area contributed by atoms with Crippen molar-refractivity contribution in [3.05, 3.63) is 53.1 Å². The molecule has 0 fully saturated rings. The molecule has 1 aliphatic heterocycles. The summed E-state index contributed by atoms with van der Waals surface area (Å²) in [7, 11) is 0. The van der Waals surface area contributed by atoms with E-state index in [4.69, 9.17) is 5.73 Å². The first-order chi connectivity index (χ1) is 9.49. The minimum Gasteiger partial charge on any atom is -0.508 e. The second-order valence-corrected chi connectivity index (χ2v) is 4.74. The van der Waals surface area contributed by atoms with E-state index in [1.54, 1.807) is 18.2 Å². The number of phenols is 1. The number of nitrogens with zero attached hydrogens (tertiary/aromatic N) is 1. The number of aromatic hydroxyl groups is 1.